The van der Waals surface area contributed by atoms with Crippen LogP contribution in [-0.2, 0) is 21.3 Å². The summed E-state index contributed by atoms with van der Waals surface area (Å²) >= 11 is 1.30. The number of morpholine rings is 1. The minimum atomic E-state index is -3.56. The van der Waals surface area contributed by atoms with Crippen LogP contribution >= 0.6 is 11.8 Å². The van der Waals surface area contributed by atoms with E-state index >= 15 is 0 Å². The third-order valence-electron chi connectivity index (χ3n) is 4.85. The zero-order valence-electron chi connectivity index (χ0n) is 16.6. The van der Waals surface area contributed by atoms with E-state index in [1.165, 1.54) is 22.3 Å². The van der Waals surface area contributed by atoms with Crippen LogP contribution in [0, 0.1) is 13.8 Å². The zero-order valence-corrected chi connectivity index (χ0v) is 18.3. The molecule has 29 heavy (non-hydrogen) atoms. The number of carbonyl (C=O) groups excluding carboxylic acids is 1. The third-order valence-corrected chi connectivity index (χ3v) is 7.68. The van der Waals surface area contributed by atoms with Crippen LogP contribution in [0.2, 0.25) is 0 Å². The highest BCUT2D eigenvalue weighted by atomic mass is 32.2. The fourth-order valence-corrected chi connectivity index (χ4v) is 5.33. The summed E-state index contributed by atoms with van der Waals surface area (Å²) in [6.07, 6.45) is 3.16. The number of aromatic nitrogens is 2. The number of aryl methyl sites for hydroxylation is 1. The molecule has 1 aliphatic heterocycles. The van der Waals surface area contributed by atoms with Crippen LogP contribution in [0.4, 0.5) is 0 Å². The maximum Gasteiger partial charge on any atom is 0.244 e. The molecule has 9 heteroatoms. The summed E-state index contributed by atoms with van der Waals surface area (Å²) in [7, 11) is -3.56. The second kappa shape index (κ2) is 9.25. The zero-order chi connectivity index (χ0) is 21.0. The molecule has 0 saturated carbocycles. The molecule has 2 aromatic heterocycles. The first-order valence-corrected chi connectivity index (χ1v) is 11.7. The Morgan fingerprint density at radius 2 is 2.03 bits per heavy atom. The number of sulfonamides is 1. The first-order chi connectivity index (χ1) is 13.8. The van der Waals surface area contributed by atoms with E-state index in [1.54, 1.807) is 18.2 Å². The number of ether oxygens (including phenoxy) is 1. The van der Waals surface area contributed by atoms with Gasteiger partial charge in [0.15, 0.2) is 5.78 Å². The molecule has 0 atom stereocenters. The number of carbonyl (C=O) groups is 1. The van der Waals surface area contributed by atoms with Crippen molar-refractivity contribution in [2.24, 2.45) is 0 Å². The molecule has 156 valence electrons. The smallest absolute Gasteiger partial charge is 0.244 e. The topological polar surface area (TPSA) is 81.5 Å². The van der Waals surface area contributed by atoms with Crippen molar-refractivity contribution >= 4 is 27.6 Å². The summed E-state index contributed by atoms with van der Waals surface area (Å²) in [5.74, 6) is 0.256. The van der Waals surface area contributed by atoms with E-state index in [0.717, 1.165) is 11.4 Å². The van der Waals surface area contributed by atoms with Gasteiger partial charge in [-0.3, -0.25) is 4.79 Å². The van der Waals surface area contributed by atoms with Crippen molar-refractivity contribution in [3.05, 3.63) is 54.0 Å². The van der Waals surface area contributed by atoms with Gasteiger partial charge in [0.25, 0.3) is 0 Å². The number of nitrogens with zero attached hydrogens (tertiary/aromatic N) is 3. The molecular weight excluding hydrogens is 410 g/mol. The number of Topliss-reactive ketones (excluding diaryl/α,β-unsaturated/α-hetero) is 1. The minimum Gasteiger partial charge on any atom is -0.379 e. The number of pyridine rings is 1. The molecule has 0 amide bonds. The first kappa shape index (κ1) is 21.8. The molecule has 3 rings (SSSR count). The van der Waals surface area contributed by atoms with Gasteiger partial charge in [-0.25, -0.2) is 13.4 Å². The highest BCUT2D eigenvalue weighted by molar-refractivity contribution is 7.99. The second-order valence-corrected chi connectivity index (χ2v) is 9.68. The molecule has 3 heterocycles. The molecule has 0 radical (unpaired) electrons. The van der Waals surface area contributed by atoms with E-state index in [-0.39, 0.29) is 16.4 Å². The lowest BCUT2D eigenvalue weighted by Gasteiger charge is -2.25. The predicted octanol–water partition coefficient (Wildman–Crippen LogP) is 2.68. The SMILES string of the molecule is C=CCn1c(C)cc(C(=O)CSc2ccc(S(=O)(=O)N3CCOCC3)cn2)c1C. The van der Waals surface area contributed by atoms with Gasteiger partial charge in [0.2, 0.25) is 10.0 Å². The first-order valence-electron chi connectivity index (χ1n) is 9.32. The Morgan fingerprint density at radius 3 is 2.66 bits per heavy atom. The average molecular weight is 436 g/mol. The van der Waals surface area contributed by atoms with E-state index in [0.29, 0.717) is 43.4 Å². The predicted molar refractivity (Wildman–Crippen MR) is 113 cm³/mol. The molecule has 1 saturated heterocycles. The van der Waals surface area contributed by atoms with Crippen molar-refractivity contribution < 1.29 is 17.9 Å². The largest absolute Gasteiger partial charge is 0.379 e. The van der Waals surface area contributed by atoms with Gasteiger partial charge in [-0.05, 0) is 32.0 Å². The molecule has 1 fully saturated rings. The van der Waals surface area contributed by atoms with Crippen LogP contribution in [-0.4, -0.2) is 60.1 Å². The van der Waals surface area contributed by atoms with Crippen LogP contribution in [0.5, 0.6) is 0 Å². The molecule has 0 bridgehead atoms. The molecular formula is C20H25N3O4S2. The van der Waals surface area contributed by atoms with Crippen LogP contribution in [0.3, 0.4) is 0 Å². The number of thioether (sulfide) groups is 1. The van der Waals surface area contributed by atoms with E-state index in [2.05, 4.69) is 16.1 Å². The summed E-state index contributed by atoms with van der Waals surface area (Å²) in [4.78, 5) is 17.0. The lowest BCUT2D eigenvalue weighted by Crippen LogP contribution is -2.40. The molecule has 2 aromatic rings. The molecule has 0 spiro atoms. The van der Waals surface area contributed by atoms with Crippen LogP contribution in [0.15, 0.2) is 47.0 Å². The van der Waals surface area contributed by atoms with Gasteiger partial charge >= 0.3 is 0 Å². The van der Waals surface area contributed by atoms with Gasteiger partial charge in [0.1, 0.15) is 4.90 Å². The van der Waals surface area contributed by atoms with Crippen LogP contribution in [0.1, 0.15) is 21.7 Å². The Bertz CT molecular complexity index is 991. The summed E-state index contributed by atoms with van der Waals surface area (Å²) in [6.45, 7) is 9.80. The Labute approximate surface area is 175 Å². The summed E-state index contributed by atoms with van der Waals surface area (Å²) in [5.41, 5.74) is 2.64. The highest BCUT2D eigenvalue weighted by Crippen LogP contribution is 2.23. The molecule has 1 aliphatic rings. The monoisotopic (exact) mass is 435 g/mol. The Kier molecular flexibility index (Phi) is 6.94. The number of rotatable bonds is 8. The number of hydrogen-bond acceptors (Lipinski definition) is 6. The molecule has 0 unspecified atom stereocenters. The van der Waals surface area contributed by atoms with Gasteiger partial charge in [-0.2, -0.15) is 4.31 Å². The standard InChI is InChI=1S/C20H25N3O4S2/c1-4-7-23-15(2)12-18(16(23)3)19(24)14-28-20-6-5-17(13-21-20)29(25,26)22-8-10-27-11-9-22/h4-6,12-13H,1,7-11,14H2,2-3H3. The maximum atomic E-state index is 12.6. The Morgan fingerprint density at radius 1 is 1.31 bits per heavy atom. The van der Waals surface area contributed by atoms with Gasteiger partial charge in [-0.15, -0.1) is 6.58 Å². The van der Waals surface area contributed by atoms with Gasteiger partial charge < -0.3 is 9.30 Å². The maximum absolute atomic E-state index is 12.6. The third kappa shape index (κ3) is 4.80. The molecule has 0 aromatic carbocycles. The van der Waals surface area contributed by atoms with Gasteiger partial charge in [-0.1, -0.05) is 17.8 Å². The van der Waals surface area contributed by atoms with E-state index in [1.807, 2.05) is 19.9 Å². The van der Waals surface area contributed by atoms with Crippen molar-refractivity contribution in [1.82, 2.24) is 13.9 Å². The molecule has 0 aliphatic carbocycles. The van der Waals surface area contributed by atoms with Crippen molar-refractivity contribution in [2.45, 2.75) is 30.3 Å². The average Bonchev–Trinajstić information content (AvgIpc) is 3.01. The highest BCUT2D eigenvalue weighted by Gasteiger charge is 2.26. The van der Waals surface area contributed by atoms with Gasteiger partial charge in [0.05, 0.1) is 24.0 Å². The molecule has 7 nitrogen and oxygen atoms in total. The van der Waals surface area contributed by atoms with E-state index in [4.69, 9.17) is 4.74 Å². The van der Waals surface area contributed by atoms with E-state index < -0.39 is 10.0 Å². The van der Waals surface area contributed by atoms with Crippen LogP contribution in [0.25, 0.3) is 0 Å². The summed E-state index contributed by atoms with van der Waals surface area (Å²) < 4.78 is 33.9. The minimum absolute atomic E-state index is 0.0187. The normalized spacial score (nSPS) is 15.4. The van der Waals surface area contributed by atoms with Crippen molar-refractivity contribution in [1.29, 1.82) is 0 Å². The molecule has 0 N–H and O–H groups in total. The van der Waals surface area contributed by atoms with E-state index in [9.17, 15) is 13.2 Å². The van der Waals surface area contributed by atoms with Crippen molar-refractivity contribution in [2.75, 3.05) is 32.1 Å². The number of hydrogen-bond donors (Lipinski definition) is 0. The Balaban J connectivity index is 1.65. The second-order valence-electron chi connectivity index (χ2n) is 6.74. The lowest BCUT2D eigenvalue weighted by molar-refractivity contribution is 0.0730. The van der Waals surface area contributed by atoms with Crippen molar-refractivity contribution in [3.63, 3.8) is 0 Å². The summed E-state index contributed by atoms with van der Waals surface area (Å²) in [5, 5.41) is 0.610. The number of allylic oxidation sites excluding steroid dienone is 1. The Hall–Kier alpha value is -1.94. The van der Waals surface area contributed by atoms with Crippen LogP contribution < -0.4 is 0 Å². The number of ketones is 1. The van der Waals surface area contributed by atoms with Crippen molar-refractivity contribution in [3.8, 4) is 0 Å². The quantitative estimate of drug-likeness (QED) is 0.360. The fraction of sp³-hybridized carbons (Fsp3) is 0.400. The fourth-order valence-electron chi connectivity index (χ4n) is 3.25. The lowest BCUT2D eigenvalue weighted by atomic mass is 10.2. The summed E-state index contributed by atoms with van der Waals surface area (Å²) in [6, 6.07) is 5.08. The van der Waals surface area contributed by atoms with Gasteiger partial charge in [0, 0.05) is 42.8 Å².